The van der Waals surface area contributed by atoms with Crippen molar-refractivity contribution in [3.05, 3.63) is 114 Å². The molecule has 3 nitrogen and oxygen atoms in total. The average Bonchev–Trinajstić information content (AvgIpc) is 2.73. The second kappa shape index (κ2) is 9.83. The van der Waals surface area contributed by atoms with Crippen molar-refractivity contribution in [3.8, 4) is 0 Å². The van der Waals surface area contributed by atoms with E-state index in [0.717, 1.165) is 11.1 Å². The van der Waals surface area contributed by atoms with Crippen molar-refractivity contribution in [1.82, 2.24) is 4.72 Å². The van der Waals surface area contributed by atoms with Gasteiger partial charge >= 0.3 is 0 Å². The highest BCUT2D eigenvalue weighted by Gasteiger charge is 2.30. The van der Waals surface area contributed by atoms with E-state index in [1.165, 1.54) is 0 Å². The first-order valence-corrected chi connectivity index (χ1v) is 11.4. The lowest BCUT2D eigenvalue weighted by atomic mass is 9.87. The van der Waals surface area contributed by atoms with E-state index in [9.17, 15) is 12.8 Å². The molecule has 0 fully saturated rings. The number of nitrogens with one attached hydrogen (secondary N) is 1. The number of rotatable bonds is 9. The molecule has 0 bridgehead atoms. The molecule has 0 spiro atoms. The van der Waals surface area contributed by atoms with Gasteiger partial charge in [-0.15, -0.1) is 0 Å². The topological polar surface area (TPSA) is 46.2 Å². The van der Waals surface area contributed by atoms with Gasteiger partial charge in [0.05, 0.1) is 10.8 Å². The van der Waals surface area contributed by atoms with Gasteiger partial charge in [0.1, 0.15) is 5.83 Å². The van der Waals surface area contributed by atoms with Crippen molar-refractivity contribution in [3.63, 3.8) is 0 Å². The largest absolute Gasteiger partial charge is 0.240 e. The molecule has 1 N–H and O–H groups in total. The van der Waals surface area contributed by atoms with Gasteiger partial charge < -0.3 is 0 Å². The Balaban J connectivity index is 1.93. The molecule has 3 aromatic carbocycles. The zero-order chi connectivity index (χ0) is 21.6. The first-order chi connectivity index (χ1) is 14.4. The van der Waals surface area contributed by atoms with Crippen LogP contribution in [0.4, 0.5) is 4.39 Å². The molecule has 0 aromatic heterocycles. The smallest absolute Gasteiger partial charge is 0.212 e. The molecule has 0 radical (unpaired) electrons. The Hall–Kier alpha value is -2.76. The lowest BCUT2D eigenvalue weighted by Crippen LogP contribution is -2.40. The van der Waals surface area contributed by atoms with Crippen LogP contribution in [0.5, 0.6) is 0 Å². The molecular formula is C25H26FNO2S. The monoisotopic (exact) mass is 423 g/mol. The van der Waals surface area contributed by atoms with Gasteiger partial charge in [-0.1, -0.05) is 84.9 Å². The fourth-order valence-corrected chi connectivity index (χ4v) is 4.82. The van der Waals surface area contributed by atoms with Crippen molar-refractivity contribution >= 4 is 10.0 Å². The standard InChI is InChI=1S/C25H26FNO2S/c1-19-13-16-23(17-14-19)30(28,29)27-24(18-15-21-9-5-3-6-10-21)25(20(2)26)22-11-7-4-8-12-22/h3-14,16-17,24-25,27H,2,15,18H2,1H3/t24-,25+/m0/s1. The summed E-state index contributed by atoms with van der Waals surface area (Å²) in [5.41, 5.74) is 2.72. The molecule has 3 rings (SSSR count). The minimum absolute atomic E-state index is 0.161. The van der Waals surface area contributed by atoms with Gasteiger partial charge in [0, 0.05) is 6.04 Å². The van der Waals surface area contributed by atoms with Crippen LogP contribution < -0.4 is 4.72 Å². The minimum atomic E-state index is -3.82. The van der Waals surface area contributed by atoms with Gasteiger partial charge in [0.2, 0.25) is 10.0 Å². The first-order valence-electron chi connectivity index (χ1n) is 9.89. The number of halogens is 1. The summed E-state index contributed by atoms with van der Waals surface area (Å²) >= 11 is 0. The van der Waals surface area contributed by atoms with Gasteiger partial charge in [-0.2, -0.15) is 0 Å². The highest BCUT2D eigenvalue weighted by atomic mass is 32.2. The maximum Gasteiger partial charge on any atom is 0.240 e. The first kappa shape index (κ1) is 21.9. The van der Waals surface area contributed by atoms with Crippen molar-refractivity contribution in [2.24, 2.45) is 0 Å². The summed E-state index contributed by atoms with van der Waals surface area (Å²) in [4.78, 5) is 0.161. The quantitative estimate of drug-likeness (QED) is 0.491. The summed E-state index contributed by atoms with van der Waals surface area (Å²) in [6.45, 7) is 5.41. The Bertz CT molecular complexity index is 1070. The Labute approximate surface area is 178 Å². The van der Waals surface area contributed by atoms with Gasteiger partial charge in [-0.3, -0.25) is 0 Å². The molecular weight excluding hydrogens is 397 g/mol. The molecule has 0 aliphatic rings. The van der Waals surface area contributed by atoms with Crippen LogP contribution in [0.1, 0.15) is 29.0 Å². The third kappa shape index (κ3) is 5.65. The van der Waals surface area contributed by atoms with Crippen LogP contribution in [0.3, 0.4) is 0 Å². The van der Waals surface area contributed by atoms with Gasteiger partial charge in [0.15, 0.2) is 0 Å². The second-order valence-electron chi connectivity index (χ2n) is 7.40. The van der Waals surface area contributed by atoms with Crippen LogP contribution in [0.2, 0.25) is 0 Å². The van der Waals surface area contributed by atoms with Gasteiger partial charge in [-0.05, 0) is 43.0 Å². The van der Waals surface area contributed by atoms with E-state index in [-0.39, 0.29) is 4.90 Å². The summed E-state index contributed by atoms with van der Waals surface area (Å²) in [5.74, 6) is -1.35. The van der Waals surface area contributed by atoms with E-state index in [1.807, 2.05) is 55.5 Å². The van der Waals surface area contributed by atoms with Crippen molar-refractivity contribution in [1.29, 1.82) is 0 Å². The fraction of sp³-hybridized carbons (Fsp3) is 0.200. The molecule has 0 saturated carbocycles. The van der Waals surface area contributed by atoms with Crippen LogP contribution in [0.15, 0.2) is 102 Å². The van der Waals surface area contributed by atoms with E-state index in [0.29, 0.717) is 18.4 Å². The van der Waals surface area contributed by atoms with Crippen LogP contribution >= 0.6 is 0 Å². The minimum Gasteiger partial charge on any atom is -0.212 e. The molecule has 3 aromatic rings. The van der Waals surface area contributed by atoms with E-state index < -0.39 is 27.8 Å². The third-order valence-electron chi connectivity index (χ3n) is 5.12. The molecule has 0 unspecified atom stereocenters. The normalized spacial score (nSPS) is 13.5. The zero-order valence-electron chi connectivity index (χ0n) is 17.0. The number of benzene rings is 3. The van der Waals surface area contributed by atoms with Crippen LogP contribution in [-0.2, 0) is 16.4 Å². The van der Waals surface area contributed by atoms with Crippen molar-refractivity contribution in [2.45, 2.75) is 36.6 Å². The molecule has 0 aliphatic carbocycles. The third-order valence-corrected chi connectivity index (χ3v) is 6.63. The molecule has 5 heteroatoms. The number of hydrogen-bond donors (Lipinski definition) is 1. The fourth-order valence-electron chi connectivity index (χ4n) is 3.54. The molecule has 0 amide bonds. The predicted octanol–water partition coefficient (Wildman–Crippen LogP) is 5.54. The predicted molar refractivity (Wildman–Crippen MR) is 119 cm³/mol. The van der Waals surface area contributed by atoms with E-state index in [4.69, 9.17) is 0 Å². The highest BCUT2D eigenvalue weighted by molar-refractivity contribution is 7.89. The van der Waals surface area contributed by atoms with Gasteiger partial charge in [-0.25, -0.2) is 17.5 Å². The maximum atomic E-state index is 14.6. The summed E-state index contributed by atoms with van der Waals surface area (Å²) in [6.07, 6.45) is 1.04. The Morgan fingerprint density at radius 1 is 0.933 bits per heavy atom. The van der Waals surface area contributed by atoms with Crippen LogP contribution in [0, 0.1) is 6.92 Å². The van der Waals surface area contributed by atoms with E-state index in [2.05, 4.69) is 11.3 Å². The van der Waals surface area contributed by atoms with Gasteiger partial charge in [0.25, 0.3) is 0 Å². The Kier molecular flexibility index (Phi) is 7.19. The SMILES string of the molecule is C=C(F)[C@H](c1ccccc1)[C@H](CCc1ccccc1)NS(=O)(=O)c1ccc(C)cc1. The molecule has 156 valence electrons. The Morgan fingerprint density at radius 3 is 2.07 bits per heavy atom. The van der Waals surface area contributed by atoms with Crippen molar-refractivity contribution in [2.75, 3.05) is 0 Å². The molecule has 30 heavy (non-hydrogen) atoms. The van der Waals surface area contributed by atoms with Crippen LogP contribution in [0.25, 0.3) is 0 Å². The zero-order valence-corrected chi connectivity index (χ0v) is 17.8. The summed E-state index contributed by atoms with van der Waals surface area (Å²) < 4.78 is 43.5. The summed E-state index contributed by atoms with van der Waals surface area (Å²) in [7, 11) is -3.82. The molecule has 0 heterocycles. The second-order valence-corrected chi connectivity index (χ2v) is 9.11. The molecule has 0 saturated heterocycles. The average molecular weight is 424 g/mol. The lowest BCUT2D eigenvalue weighted by molar-refractivity contribution is 0.432. The van der Waals surface area contributed by atoms with E-state index >= 15 is 0 Å². The van der Waals surface area contributed by atoms with Crippen molar-refractivity contribution < 1.29 is 12.8 Å². The molecule has 0 aliphatic heterocycles. The van der Waals surface area contributed by atoms with E-state index in [1.54, 1.807) is 36.4 Å². The highest BCUT2D eigenvalue weighted by Crippen LogP contribution is 2.31. The summed E-state index contributed by atoms with van der Waals surface area (Å²) in [5, 5.41) is 0. The Morgan fingerprint density at radius 2 is 1.50 bits per heavy atom. The molecule has 2 atom stereocenters. The van der Waals surface area contributed by atoms with Crippen LogP contribution in [-0.4, -0.2) is 14.5 Å². The lowest BCUT2D eigenvalue weighted by Gasteiger charge is -2.27. The number of hydrogen-bond acceptors (Lipinski definition) is 2. The summed E-state index contributed by atoms with van der Waals surface area (Å²) in [6, 6.07) is 24.8. The number of aryl methyl sites for hydroxylation is 2. The number of sulfonamides is 1. The maximum absolute atomic E-state index is 14.6.